The minimum absolute atomic E-state index is 0.0211. The number of anilines is 1. The number of fused-ring (bicyclic) bond motifs is 1. The molecule has 0 radical (unpaired) electrons. The van der Waals surface area contributed by atoms with Crippen molar-refractivity contribution in [2.24, 2.45) is 0 Å². The highest BCUT2D eigenvalue weighted by Gasteiger charge is 2.22. The minimum atomic E-state index is -1.07. The summed E-state index contributed by atoms with van der Waals surface area (Å²) in [5.74, 6) is -0.890. The fourth-order valence-corrected chi connectivity index (χ4v) is 2.75. The maximum absolute atomic E-state index is 12.3. The third-order valence-corrected chi connectivity index (χ3v) is 4.22. The molecule has 1 aromatic heterocycles. The van der Waals surface area contributed by atoms with Gasteiger partial charge in [-0.25, -0.2) is 4.79 Å². The Balaban J connectivity index is 1.70. The first-order valence-electron chi connectivity index (χ1n) is 7.92. The highest BCUT2D eigenvalue weighted by atomic mass is 35.5. The van der Waals surface area contributed by atoms with E-state index in [1.807, 2.05) is 0 Å². The number of esters is 1. The van der Waals surface area contributed by atoms with Crippen LogP contribution in [-0.4, -0.2) is 25.1 Å². The second-order valence-corrected chi connectivity index (χ2v) is 6.55. The lowest BCUT2D eigenvalue weighted by Gasteiger charge is -2.14. The summed E-state index contributed by atoms with van der Waals surface area (Å²) in [5.41, 5.74) is 0.864. The number of nitrogens with one attached hydrogen (secondary N) is 1. The van der Waals surface area contributed by atoms with Crippen LogP contribution in [0.25, 0.3) is 11.0 Å². The Labute approximate surface area is 164 Å². The molecule has 0 aliphatic rings. The van der Waals surface area contributed by atoms with Crippen molar-refractivity contribution in [1.29, 1.82) is 0 Å². The number of amides is 1. The molecule has 1 amide bonds. The van der Waals surface area contributed by atoms with Crippen molar-refractivity contribution in [2.45, 2.75) is 13.0 Å². The first kappa shape index (κ1) is 19.1. The second kappa shape index (κ2) is 7.90. The normalized spacial score (nSPS) is 11.9. The molecule has 2 aromatic carbocycles. The molecule has 0 fully saturated rings. The lowest BCUT2D eigenvalue weighted by molar-refractivity contribution is -0.123. The van der Waals surface area contributed by atoms with Crippen LogP contribution >= 0.6 is 23.2 Å². The third kappa shape index (κ3) is 4.35. The summed E-state index contributed by atoms with van der Waals surface area (Å²) in [5, 5.41) is 4.23. The van der Waals surface area contributed by atoms with Gasteiger partial charge in [0.2, 0.25) is 5.76 Å². The molecule has 0 saturated heterocycles. The zero-order valence-electron chi connectivity index (χ0n) is 14.4. The lowest BCUT2D eigenvalue weighted by atomic mass is 10.2. The van der Waals surface area contributed by atoms with E-state index in [9.17, 15) is 9.59 Å². The summed E-state index contributed by atoms with van der Waals surface area (Å²) in [6.07, 6.45) is -1.07. The largest absolute Gasteiger partial charge is 0.495 e. The Kier molecular flexibility index (Phi) is 5.58. The van der Waals surface area contributed by atoms with Gasteiger partial charge >= 0.3 is 5.97 Å². The van der Waals surface area contributed by atoms with Gasteiger partial charge in [-0.1, -0.05) is 23.2 Å². The molecule has 0 saturated carbocycles. The fraction of sp³-hybridized carbons (Fsp3) is 0.158. The first-order chi connectivity index (χ1) is 12.9. The maximum atomic E-state index is 12.3. The van der Waals surface area contributed by atoms with Crippen LogP contribution in [0.2, 0.25) is 10.0 Å². The van der Waals surface area contributed by atoms with Crippen LogP contribution in [0.5, 0.6) is 5.75 Å². The first-order valence-corrected chi connectivity index (χ1v) is 8.67. The van der Waals surface area contributed by atoms with Gasteiger partial charge < -0.3 is 19.2 Å². The number of carbonyl (C=O) groups is 2. The molecule has 3 aromatic rings. The van der Waals surface area contributed by atoms with E-state index in [-0.39, 0.29) is 5.76 Å². The number of hydrogen-bond donors (Lipinski definition) is 1. The summed E-state index contributed by atoms with van der Waals surface area (Å²) in [6.45, 7) is 1.45. The molecular formula is C19H15Cl2NO5. The van der Waals surface area contributed by atoms with E-state index < -0.39 is 18.0 Å². The molecule has 0 aliphatic carbocycles. The number of benzene rings is 2. The van der Waals surface area contributed by atoms with Gasteiger partial charge in [0.05, 0.1) is 12.8 Å². The van der Waals surface area contributed by atoms with Crippen LogP contribution in [0.4, 0.5) is 5.69 Å². The van der Waals surface area contributed by atoms with Crippen molar-refractivity contribution >= 4 is 51.7 Å². The van der Waals surface area contributed by atoms with Gasteiger partial charge in [0.25, 0.3) is 5.91 Å². The monoisotopic (exact) mass is 407 g/mol. The van der Waals surface area contributed by atoms with Crippen molar-refractivity contribution in [3.63, 3.8) is 0 Å². The smallest absolute Gasteiger partial charge is 0.375 e. The van der Waals surface area contributed by atoms with Crippen molar-refractivity contribution in [3.8, 4) is 5.75 Å². The van der Waals surface area contributed by atoms with E-state index in [0.29, 0.717) is 32.5 Å². The van der Waals surface area contributed by atoms with Crippen molar-refractivity contribution in [2.75, 3.05) is 12.4 Å². The second-order valence-electron chi connectivity index (χ2n) is 5.67. The predicted molar refractivity (Wildman–Crippen MR) is 103 cm³/mol. The summed E-state index contributed by atoms with van der Waals surface area (Å²) < 4.78 is 15.8. The van der Waals surface area contributed by atoms with Gasteiger partial charge in [-0.3, -0.25) is 4.79 Å². The van der Waals surface area contributed by atoms with Crippen LogP contribution in [-0.2, 0) is 9.53 Å². The maximum Gasteiger partial charge on any atom is 0.375 e. The number of halogens is 2. The average Bonchev–Trinajstić information content (AvgIpc) is 3.05. The van der Waals surface area contributed by atoms with E-state index in [1.54, 1.807) is 30.3 Å². The van der Waals surface area contributed by atoms with Gasteiger partial charge in [0.15, 0.2) is 6.10 Å². The Morgan fingerprint density at radius 3 is 2.52 bits per heavy atom. The fourth-order valence-electron chi connectivity index (χ4n) is 2.40. The molecular weight excluding hydrogens is 393 g/mol. The number of furan rings is 1. The Bertz CT molecular complexity index is 1010. The number of methoxy groups -OCH3 is 1. The molecule has 0 aliphatic heterocycles. The summed E-state index contributed by atoms with van der Waals surface area (Å²) in [7, 11) is 1.47. The molecule has 8 heteroatoms. The van der Waals surface area contributed by atoms with Crippen molar-refractivity contribution in [3.05, 3.63) is 58.3 Å². The predicted octanol–water partition coefficient (Wildman–Crippen LogP) is 4.93. The topological polar surface area (TPSA) is 77.8 Å². The molecule has 0 bridgehead atoms. The van der Waals surface area contributed by atoms with Gasteiger partial charge in [-0.05, 0) is 49.4 Å². The zero-order chi connectivity index (χ0) is 19.6. The quantitative estimate of drug-likeness (QED) is 0.606. The Morgan fingerprint density at radius 1 is 1.07 bits per heavy atom. The highest BCUT2D eigenvalue weighted by Crippen LogP contribution is 2.28. The molecule has 1 heterocycles. The number of carbonyl (C=O) groups excluding carboxylic acids is 2. The Morgan fingerprint density at radius 2 is 1.78 bits per heavy atom. The van der Waals surface area contributed by atoms with Crippen molar-refractivity contribution in [1.82, 2.24) is 0 Å². The number of hydrogen-bond acceptors (Lipinski definition) is 5. The van der Waals surface area contributed by atoms with Crippen LogP contribution in [0.15, 0.2) is 46.9 Å². The molecule has 6 nitrogen and oxygen atoms in total. The van der Waals surface area contributed by atoms with Crippen LogP contribution in [0.1, 0.15) is 17.5 Å². The lowest BCUT2D eigenvalue weighted by Crippen LogP contribution is -2.30. The molecule has 140 valence electrons. The molecule has 0 unspecified atom stereocenters. The van der Waals surface area contributed by atoms with Gasteiger partial charge in [-0.15, -0.1) is 0 Å². The molecule has 1 N–H and O–H groups in total. The van der Waals surface area contributed by atoms with Crippen molar-refractivity contribution < 1.29 is 23.5 Å². The molecule has 3 rings (SSSR count). The Hall–Kier alpha value is -2.70. The van der Waals surface area contributed by atoms with Gasteiger partial charge in [0.1, 0.15) is 11.3 Å². The van der Waals surface area contributed by atoms with Crippen LogP contribution in [0.3, 0.4) is 0 Å². The van der Waals surface area contributed by atoms with E-state index in [1.165, 1.54) is 26.2 Å². The average molecular weight is 408 g/mol. The molecule has 27 heavy (non-hydrogen) atoms. The summed E-state index contributed by atoms with van der Waals surface area (Å²) in [4.78, 5) is 24.6. The van der Waals surface area contributed by atoms with E-state index >= 15 is 0 Å². The van der Waals surface area contributed by atoms with Gasteiger partial charge in [-0.2, -0.15) is 0 Å². The van der Waals surface area contributed by atoms with E-state index in [2.05, 4.69) is 5.32 Å². The highest BCUT2D eigenvalue weighted by molar-refractivity contribution is 6.31. The number of ether oxygens (including phenoxy) is 2. The van der Waals surface area contributed by atoms with E-state index in [4.69, 9.17) is 37.1 Å². The zero-order valence-corrected chi connectivity index (χ0v) is 15.9. The number of rotatable bonds is 5. The van der Waals surface area contributed by atoms with Crippen LogP contribution < -0.4 is 10.1 Å². The minimum Gasteiger partial charge on any atom is -0.495 e. The summed E-state index contributed by atoms with van der Waals surface area (Å²) in [6, 6.07) is 11.3. The summed E-state index contributed by atoms with van der Waals surface area (Å²) >= 11 is 11.9. The van der Waals surface area contributed by atoms with Gasteiger partial charge in [0, 0.05) is 15.4 Å². The molecule has 0 spiro atoms. The third-order valence-electron chi connectivity index (χ3n) is 3.75. The molecule has 1 atom stereocenters. The van der Waals surface area contributed by atoms with E-state index in [0.717, 1.165) is 0 Å². The SMILES string of the molecule is COc1ccc(Cl)cc1NC(=O)[C@H](C)OC(=O)c1cc2cc(Cl)ccc2o1. The standard InChI is InChI=1S/C19H15Cl2NO5/c1-10(18(23)22-14-9-13(21)4-6-16(14)25-2)26-19(24)17-8-11-7-12(20)3-5-15(11)27-17/h3-10H,1-2H3,(H,22,23)/t10-/m0/s1. The van der Waals surface area contributed by atoms with Crippen LogP contribution in [0, 0.1) is 0 Å².